The quantitative estimate of drug-likeness (QED) is 0.583. The highest BCUT2D eigenvalue weighted by Crippen LogP contribution is 2.23. The molecule has 5 heteroatoms. The van der Waals surface area contributed by atoms with Crippen LogP contribution in [0.25, 0.3) is 0 Å². The highest BCUT2D eigenvalue weighted by Gasteiger charge is 2.23. The molecule has 0 saturated carbocycles. The van der Waals surface area contributed by atoms with E-state index in [1.54, 1.807) is 14.0 Å². The Morgan fingerprint density at radius 2 is 1.74 bits per heavy atom. The Balaban J connectivity index is 2.24. The molecule has 0 saturated heterocycles. The van der Waals surface area contributed by atoms with Gasteiger partial charge in [0, 0.05) is 11.5 Å². The van der Waals surface area contributed by atoms with Crippen LogP contribution in [0.5, 0.6) is 5.75 Å². The van der Waals surface area contributed by atoms with Gasteiger partial charge in [0.05, 0.1) is 19.8 Å². The molecule has 27 heavy (non-hydrogen) atoms. The first kappa shape index (κ1) is 20.1. The van der Waals surface area contributed by atoms with Crippen LogP contribution in [0.4, 0.5) is 0 Å². The van der Waals surface area contributed by atoms with Crippen LogP contribution in [0.15, 0.2) is 54.6 Å². The summed E-state index contributed by atoms with van der Waals surface area (Å²) in [6, 6.07) is 16.2. The van der Waals surface area contributed by atoms with E-state index in [0.29, 0.717) is 0 Å². The van der Waals surface area contributed by atoms with Gasteiger partial charge >= 0.3 is 5.97 Å². The largest absolute Gasteiger partial charge is 0.497 e. The zero-order valence-corrected chi connectivity index (χ0v) is 15.8. The van der Waals surface area contributed by atoms with Crippen LogP contribution in [0.1, 0.15) is 31.0 Å². The van der Waals surface area contributed by atoms with Gasteiger partial charge in [-0.05, 0) is 43.7 Å². The van der Waals surface area contributed by atoms with Gasteiger partial charge in [-0.15, -0.1) is 0 Å². The highest BCUT2D eigenvalue weighted by atomic mass is 16.5. The summed E-state index contributed by atoms with van der Waals surface area (Å²) in [6.45, 7) is 3.67. The van der Waals surface area contributed by atoms with Crippen molar-refractivity contribution in [1.82, 2.24) is 4.90 Å². The number of ether oxygens (including phenoxy) is 2. The molecule has 0 spiro atoms. The van der Waals surface area contributed by atoms with Gasteiger partial charge in [-0.3, -0.25) is 9.59 Å². The average molecular weight is 365 g/mol. The molecular weight excluding hydrogens is 342 g/mol. The summed E-state index contributed by atoms with van der Waals surface area (Å²) < 4.78 is 10.2. The number of methoxy groups -OCH3 is 1. The fraction of sp³-hybridized carbons (Fsp3) is 0.273. The average Bonchev–Trinajstić information content (AvgIpc) is 2.71. The molecule has 1 unspecified atom stereocenters. The number of hydrogen-bond donors (Lipinski definition) is 0. The van der Waals surface area contributed by atoms with Crippen molar-refractivity contribution in [2.45, 2.75) is 19.9 Å². The van der Waals surface area contributed by atoms with Gasteiger partial charge in [-0.2, -0.15) is 0 Å². The van der Waals surface area contributed by atoms with Gasteiger partial charge in [-0.25, -0.2) is 0 Å². The zero-order valence-electron chi connectivity index (χ0n) is 15.8. The molecular formula is C22H23NO4. The van der Waals surface area contributed by atoms with E-state index in [2.05, 4.69) is 11.8 Å². The van der Waals surface area contributed by atoms with E-state index in [1.165, 1.54) is 4.90 Å². The molecule has 0 N–H and O–H groups in total. The van der Waals surface area contributed by atoms with Crippen molar-refractivity contribution in [3.05, 3.63) is 65.7 Å². The molecule has 0 bridgehead atoms. The summed E-state index contributed by atoms with van der Waals surface area (Å²) in [4.78, 5) is 26.1. The standard InChI is InChI=1S/C22H23NO4/c1-4-27-22(25)16-23(17(2)19-11-13-20(26-3)14-12-19)21(24)15-10-18-8-6-5-7-9-18/h5-9,11-14,17H,4,16H2,1-3H3. The van der Waals surface area contributed by atoms with Crippen LogP contribution in [-0.4, -0.2) is 37.0 Å². The Morgan fingerprint density at radius 3 is 2.33 bits per heavy atom. The smallest absolute Gasteiger partial charge is 0.325 e. The first-order valence-electron chi connectivity index (χ1n) is 8.72. The molecule has 0 fully saturated rings. The maximum Gasteiger partial charge on any atom is 0.325 e. The fourth-order valence-corrected chi connectivity index (χ4v) is 2.51. The maximum atomic E-state index is 12.7. The molecule has 2 aromatic rings. The van der Waals surface area contributed by atoms with Crippen LogP contribution in [0.2, 0.25) is 0 Å². The summed E-state index contributed by atoms with van der Waals surface area (Å²) >= 11 is 0. The Hall–Kier alpha value is -3.26. The number of esters is 1. The first-order valence-corrected chi connectivity index (χ1v) is 8.72. The van der Waals surface area contributed by atoms with Crippen LogP contribution < -0.4 is 4.74 Å². The molecule has 2 aromatic carbocycles. The molecule has 0 aliphatic rings. The van der Waals surface area contributed by atoms with Crippen LogP contribution in [0.3, 0.4) is 0 Å². The van der Waals surface area contributed by atoms with E-state index in [0.717, 1.165) is 16.9 Å². The van der Waals surface area contributed by atoms with Crippen molar-refractivity contribution in [2.24, 2.45) is 0 Å². The van der Waals surface area contributed by atoms with Crippen molar-refractivity contribution in [3.63, 3.8) is 0 Å². The van der Waals surface area contributed by atoms with Gasteiger partial charge in [0.15, 0.2) is 0 Å². The summed E-state index contributed by atoms with van der Waals surface area (Å²) in [7, 11) is 1.59. The van der Waals surface area contributed by atoms with Gasteiger partial charge < -0.3 is 14.4 Å². The molecule has 1 atom stereocenters. The fourth-order valence-electron chi connectivity index (χ4n) is 2.51. The van der Waals surface area contributed by atoms with E-state index in [9.17, 15) is 9.59 Å². The summed E-state index contributed by atoms with van der Waals surface area (Å²) in [5.41, 5.74) is 1.61. The molecule has 0 radical (unpaired) electrons. The third-order valence-electron chi connectivity index (χ3n) is 4.02. The third kappa shape index (κ3) is 5.89. The van der Waals surface area contributed by atoms with Gasteiger partial charge in [0.25, 0.3) is 5.91 Å². The normalized spacial score (nSPS) is 10.9. The highest BCUT2D eigenvalue weighted by molar-refractivity contribution is 5.96. The Morgan fingerprint density at radius 1 is 1.07 bits per heavy atom. The molecule has 140 valence electrons. The Kier molecular flexibility index (Phi) is 7.45. The lowest BCUT2D eigenvalue weighted by molar-refractivity contribution is -0.148. The molecule has 0 aromatic heterocycles. The minimum atomic E-state index is -0.465. The summed E-state index contributed by atoms with van der Waals surface area (Å²) in [5.74, 6) is 5.29. The number of carbonyl (C=O) groups is 2. The number of rotatable bonds is 6. The summed E-state index contributed by atoms with van der Waals surface area (Å²) in [6.07, 6.45) is 0. The lowest BCUT2D eigenvalue weighted by Gasteiger charge is -2.27. The lowest BCUT2D eigenvalue weighted by Crippen LogP contribution is -2.37. The summed E-state index contributed by atoms with van der Waals surface area (Å²) in [5, 5.41) is 0. The first-order chi connectivity index (χ1) is 13.0. The van der Waals surface area contributed by atoms with Crippen LogP contribution >= 0.6 is 0 Å². The SMILES string of the molecule is CCOC(=O)CN(C(=O)C#Cc1ccccc1)C(C)c1ccc(OC)cc1. The number of nitrogens with zero attached hydrogens (tertiary/aromatic N) is 1. The Bertz CT molecular complexity index is 819. The molecule has 0 aliphatic carbocycles. The van der Waals surface area contributed by atoms with E-state index in [1.807, 2.05) is 61.5 Å². The Labute approximate surface area is 159 Å². The monoisotopic (exact) mass is 365 g/mol. The van der Waals surface area contributed by atoms with Gasteiger partial charge in [-0.1, -0.05) is 36.3 Å². The second-order valence-corrected chi connectivity index (χ2v) is 5.80. The lowest BCUT2D eigenvalue weighted by atomic mass is 10.1. The number of hydrogen-bond acceptors (Lipinski definition) is 4. The van der Waals surface area contributed by atoms with Gasteiger partial charge in [0.1, 0.15) is 12.3 Å². The van der Waals surface area contributed by atoms with Crippen molar-refractivity contribution < 1.29 is 19.1 Å². The van der Waals surface area contributed by atoms with E-state index < -0.39 is 11.9 Å². The second-order valence-electron chi connectivity index (χ2n) is 5.80. The maximum absolute atomic E-state index is 12.7. The number of carbonyl (C=O) groups excluding carboxylic acids is 2. The number of amides is 1. The minimum Gasteiger partial charge on any atom is -0.497 e. The van der Waals surface area contributed by atoms with Gasteiger partial charge in [0.2, 0.25) is 0 Å². The third-order valence-corrected chi connectivity index (χ3v) is 4.02. The molecule has 2 rings (SSSR count). The predicted octanol–water partition coefficient (Wildman–Crippen LogP) is 3.20. The number of benzene rings is 2. The van der Waals surface area contributed by atoms with Crippen molar-refractivity contribution in [1.29, 1.82) is 0 Å². The van der Waals surface area contributed by atoms with E-state index in [4.69, 9.17) is 9.47 Å². The minimum absolute atomic E-state index is 0.163. The molecule has 0 heterocycles. The molecule has 5 nitrogen and oxygen atoms in total. The van der Waals surface area contributed by atoms with Crippen molar-refractivity contribution >= 4 is 11.9 Å². The van der Waals surface area contributed by atoms with Crippen molar-refractivity contribution in [3.8, 4) is 17.6 Å². The van der Waals surface area contributed by atoms with E-state index in [-0.39, 0.29) is 19.2 Å². The zero-order chi connectivity index (χ0) is 19.6. The van der Waals surface area contributed by atoms with Crippen LogP contribution in [-0.2, 0) is 14.3 Å². The van der Waals surface area contributed by atoms with E-state index >= 15 is 0 Å². The molecule has 0 aliphatic heterocycles. The second kappa shape index (κ2) is 10.0. The predicted molar refractivity (Wildman–Crippen MR) is 103 cm³/mol. The van der Waals surface area contributed by atoms with Crippen molar-refractivity contribution in [2.75, 3.05) is 20.3 Å². The molecule has 1 amide bonds. The topological polar surface area (TPSA) is 55.8 Å². The van der Waals surface area contributed by atoms with Crippen LogP contribution in [0, 0.1) is 11.8 Å².